The van der Waals surface area contributed by atoms with Gasteiger partial charge in [-0.2, -0.15) is 0 Å². The lowest BCUT2D eigenvalue weighted by Crippen LogP contribution is -2.01. The van der Waals surface area contributed by atoms with E-state index in [2.05, 4.69) is 149 Å². The van der Waals surface area contributed by atoms with Crippen LogP contribution in [0, 0.1) is 0 Å². The topological polar surface area (TPSA) is 17.0 Å². The molecule has 2 nitrogen and oxygen atoms in total. The zero-order chi connectivity index (χ0) is 25.3. The summed E-state index contributed by atoms with van der Waals surface area (Å²) in [6.45, 7) is 0. The molecule has 1 heterocycles. The molecular formula is C36H28N2. The van der Waals surface area contributed by atoms with Gasteiger partial charge in [-0.1, -0.05) is 103 Å². The fraction of sp³-hybridized carbons (Fsp3) is 0.0556. The number of aromatic nitrogens is 1. The Morgan fingerprint density at radius 1 is 0.500 bits per heavy atom. The van der Waals surface area contributed by atoms with Gasteiger partial charge in [-0.3, -0.25) is 0 Å². The van der Waals surface area contributed by atoms with Gasteiger partial charge in [0.15, 0.2) is 0 Å². The lowest BCUT2D eigenvalue weighted by molar-refractivity contribution is 0.992. The summed E-state index contributed by atoms with van der Waals surface area (Å²) in [6.07, 6.45) is 6.64. The SMILES string of the molecule is C1=C(c2ccc(Nc3ccccc3-c3ccccc3)cc2)CCC(n2c3ccccc3c3ccccc32)=C1. The molecule has 0 unspecified atom stereocenters. The average Bonchev–Trinajstić information content (AvgIpc) is 3.33. The minimum Gasteiger partial charge on any atom is -0.355 e. The van der Waals surface area contributed by atoms with Gasteiger partial charge in [0.25, 0.3) is 0 Å². The van der Waals surface area contributed by atoms with E-state index in [1.807, 2.05) is 0 Å². The summed E-state index contributed by atoms with van der Waals surface area (Å²) in [7, 11) is 0. The third-order valence-electron chi connectivity index (χ3n) is 7.54. The Kier molecular flexibility index (Phi) is 5.64. The molecule has 0 fully saturated rings. The molecule has 0 radical (unpaired) electrons. The summed E-state index contributed by atoms with van der Waals surface area (Å²) in [5, 5.41) is 6.26. The van der Waals surface area contributed by atoms with Crippen molar-refractivity contribution in [2.75, 3.05) is 5.32 Å². The van der Waals surface area contributed by atoms with Crippen molar-refractivity contribution in [1.29, 1.82) is 0 Å². The Balaban J connectivity index is 1.16. The molecule has 1 aliphatic carbocycles. The number of benzene rings is 5. The van der Waals surface area contributed by atoms with Crippen LogP contribution in [0.4, 0.5) is 11.4 Å². The van der Waals surface area contributed by atoms with Crippen molar-refractivity contribution in [2.24, 2.45) is 0 Å². The second kappa shape index (κ2) is 9.57. The van der Waals surface area contributed by atoms with Crippen molar-refractivity contribution in [1.82, 2.24) is 4.57 Å². The Hall–Kier alpha value is -4.82. The monoisotopic (exact) mass is 488 g/mol. The molecule has 0 atom stereocenters. The average molecular weight is 489 g/mol. The van der Waals surface area contributed by atoms with Gasteiger partial charge < -0.3 is 9.88 Å². The Labute approximate surface area is 223 Å². The van der Waals surface area contributed by atoms with Crippen LogP contribution in [-0.4, -0.2) is 4.57 Å². The molecule has 1 N–H and O–H groups in total. The Bertz CT molecular complexity index is 1770. The van der Waals surface area contributed by atoms with Crippen LogP contribution in [0.25, 0.3) is 44.2 Å². The normalized spacial score (nSPS) is 13.4. The van der Waals surface area contributed by atoms with Crippen molar-refractivity contribution >= 4 is 44.5 Å². The van der Waals surface area contributed by atoms with Gasteiger partial charge >= 0.3 is 0 Å². The van der Waals surface area contributed by atoms with E-state index in [1.54, 1.807) is 0 Å². The molecule has 7 rings (SSSR count). The molecule has 0 amide bonds. The van der Waals surface area contributed by atoms with Gasteiger partial charge in [0.05, 0.1) is 11.0 Å². The van der Waals surface area contributed by atoms with Crippen molar-refractivity contribution in [2.45, 2.75) is 12.8 Å². The number of rotatable bonds is 5. The van der Waals surface area contributed by atoms with Crippen molar-refractivity contribution < 1.29 is 0 Å². The van der Waals surface area contributed by atoms with E-state index in [-0.39, 0.29) is 0 Å². The first-order chi connectivity index (χ1) is 18.8. The van der Waals surface area contributed by atoms with Crippen molar-refractivity contribution in [3.63, 3.8) is 0 Å². The van der Waals surface area contributed by atoms with Crippen LogP contribution in [0.15, 0.2) is 140 Å². The summed E-state index contributed by atoms with van der Waals surface area (Å²) in [5.41, 5.74) is 11.2. The highest BCUT2D eigenvalue weighted by molar-refractivity contribution is 6.10. The molecule has 5 aromatic carbocycles. The number of anilines is 2. The Morgan fingerprint density at radius 2 is 1.13 bits per heavy atom. The number of nitrogens with one attached hydrogen (secondary N) is 1. The third kappa shape index (κ3) is 4.01. The van der Waals surface area contributed by atoms with Crippen LogP contribution < -0.4 is 5.32 Å². The first-order valence-electron chi connectivity index (χ1n) is 13.3. The lowest BCUT2D eigenvalue weighted by Gasteiger charge is -2.18. The minimum atomic E-state index is 1.01. The second-order valence-electron chi connectivity index (χ2n) is 9.83. The van der Waals surface area contributed by atoms with Crippen molar-refractivity contribution in [3.05, 3.63) is 145 Å². The molecule has 0 aliphatic heterocycles. The molecule has 6 aromatic rings. The van der Waals surface area contributed by atoms with Gasteiger partial charge in [-0.25, -0.2) is 0 Å². The largest absolute Gasteiger partial charge is 0.355 e. The number of hydrogen-bond acceptors (Lipinski definition) is 1. The summed E-state index contributed by atoms with van der Waals surface area (Å²) in [6, 6.07) is 45.3. The van der Waals surface area contributed by atoms with Gasteiger partial charge in [0.2, 0.25) is 0 Å². The van der Waals surface area contributed by atoms with Crippen LogP contribution in [0.1, 0.15) is 18.4 Å². The van der Waals surface area contributed by atoms with Crippen LogP contribution in [0.3, 0.4) is 0 Å². The molecule has 38 heavy (non-hydrogen) atoms. The second-order valence-corrected chi connectivity index (χ2v) is 9.83. The summed E-state index contributed by atoms with van der Waals surface area (Å²) >= 11 is 0. The third-order valence-corrected chi connectivity index (χ3v) is 7.54. The number of nitrogens with zero attached hydrogens (tertiary/aromatic N) is 1. The summed E-state index contributed by atoms with van der Waals surface area (Å²) in [5.74, 6) is 0. The molecule has 0 saturated carbocycles. The van der Waals surface area contributed by atoms with Crippen LogP contribution in [0.5, 0.6) is 0 Å². The maximum Gasteiger partial charge on any atom is 0.0537 e. The highest BCUT2D eigenvalue weighted by atomic mass is 15.0. The molecule has 1 aromatic heterocycles. The molecule has 0 saturated heterocycles. The first kappa shape index (κ1) is 22.4. The predicted molar refractivity (Wildman–Crippen MR) is 163 cm³/mol. The summed E-state index contributed by atoms with van der Waals surface area (Å²) in [4.78, 5) is 0. The van der Waals surface area contributed by atoms with E-state index in [9.17, 15) is 0 Å². The van der Waals surface area contributed by atoms with E-state index < -0.39 is 0 Å². The predicted octanol–water partition coefficient (Wildman–Crippen LogP) is 9.92. The highest BCUT2D eigenvalue weighted by Gasteiger charge is 2.16. The van der Waals surface area contributed by atoms with E-state index >= 15 is 0 Å². The molecule has 1 aliphatic rings. The van der Waals surface area contributed by atoms with E-state index in [1.165, 1.54) is 49.8 Å². The van der Waals surface area contributed by atoms with Crippen LogP contribution in [-0.2, 0) is 0 Å². The maximum atomic E-state index is 3.63. The maximum absolute atomic E-state index is 3.63. The zero-order valence-corrected chi connectivity index (χ0v) is 21.1. The Morgan fingerprint density at radius 3 is 1.82 bits per heavy atom. The van der Waals surface area contributed by atoms with Gasteiger partial charge in [0, 0.05) is 33.4 Å². The molecule has 0 spiro atoms. The summed E-state index contributed by atoms with van der Waals surface area (Å²) < 4.78 is 2.44. The fourth-order valence-electron chi connectivity index (χ4n) is 5.67. The first-order valence-corrected chi connectivity index (χ1v) is 13.3. The molecule has 182 valence electrons. The van der Waals surface area contributed by atoms with E-state index in [0.717, 1.165) is 24.2 Å². The van der Waals surface area contributed by atoms with Crippen molar-refractivity contribution in [3.8, 4) is 11.1 Å². The standard InChI is InChI=1S/C36H28N2/c1-2-10-28(11-3-1)31-12-4-7-15-34(31)37-29-22-18-26(19-23-29)27-20-24-30(25-21-27)38-35-16-8-5-13-32(35)33-14-6-9-17-36(33)38/h1-20,22-24,37H,21,25H2. The smallest absolute Gasteiger partial charge is 0.0537 e. The van der Waals surface area contributed by atoms with Crippen LogP contribution >= 0.6 is 0 Å². The lowest BCUT2D eigenvalue weighted by atomic mass is 9.95. The number of fused-ring (bicyclic) bond motifs is 3. The fourth-order valence-corrected chi connectivity index (χ4v) is 5.67. The number of hydrogen-bond donors (Lipinski definition) is 1. The molecule has 0 bridgehead atoms. The number of allylic oxidation sites excluding steroid dienone is 4. The molecular weight excluding hydrogens is 460 g/mol. The minimum absolute atomic E-state index is 1.01. The van der Waals surface area contributed by atoms with E-state index in [4.69, 9.17) is 0 Å². The van der Waals surface area contributed by atoms with Gasteiger partial charge in [-0.15, -0.1) is 0 Å². The highest BCUT2D eigenvalue weighted by Crippen LogP contribution is 2.37. The molecule has 2 heteroatoms. The number of para-hydroxylation sites is 3. The van der Waals surface area contributed by atoms with Crippen LogP contribution in [0.2, 0.25) is 0 Å². The quantitative estimate of drug-likeness (QED) is 0.255. The van der Waals surface area contributed by atoms with E-state index in [0.29, 0.717) is 0 Å². The van der Waals surface area contributed by atoms with Gasteiger partial charge in [0.1, 0.15) is 0 Å². The zero-order valence-electron chi connectivity index (χ0n) is 21.1. The van der Waals surface area contributed by atoms with Gasteiger partial charge in [-0.05, 0) is 65.9 Å².